The number of rotatable bonds is 8. The lowest BCUT2D eigenvalue weighted by Crippen LogP contribution is -2.26. The Kier molecular flexibility index (Phi) is 6.75. The van der Waals surface area contributed by atoms with Crippen LogP contribution in [0.25, 0.3) is 0 Å². The molecule has 5 nitrogen and oxygen atoms in total. The van der Waals surface area contributed by atoms with Crippen LogP contribution in [0.3, 0.4) is 0 Å². The normalized spacial score (nSPS) is 12.0. The van der Waals surface area contributed by atoms with Crippen LogP contribution in [0.2, 0.25) is 5.02 Å². The highest BCUT2D eigenvalue weighted by atomic mass is 35.5. The van der Waals surface area contributed by atoms with Crippen LogP contribution in [0.4, 0.5) is 5.69 Å². The SMILES string of the molecule is CC(C)COCCCNS(=O)(=O)c1c(N)cccc1Cl. The first-order valence-electron chi connectivity index (χ1n) is 6.46. The molecule has 1 aromatic rings. The van der Waals surface area contributed by atoms with E-state index in [0.29, 0.717) is 25.6 Å². The Morgan fingerprint density at radius 1 is 1.40 bits per heavy atom. The van der Waals surface area contributed by atoms with Crippen LogP contribution < -0.4 is 10.5 Å². The molecule has 0 aliphatic rings. The molecule has 1 rings (SSSR count). The van der Waals surface area contributed by atoms with E-state index in [1.807, 2.05) is 0 Å². The highest BCUT2D eigenvalue weighted by Crippen LogP contribution is 2.26. The van der Waals surface area contributed by atoms with Gasteiger partial charge in [-0.15, -0.1) is 0 Å². The second-order valence-corrected chi connectivity index (χ2v) is 6.99. The van der Waals surface area contributed by atoms with Crippen molar-refractivity contribution in [3.8, 4) is 0 Å². The van der Waals surface area contributed by atoms with Gasteiger partial charge in [0.2, 0.25) is 10.0 Å². The van der Waals surface area contributed by atoms with E-state index in [0.717, 1.165) is 0 Å². The number of anilines is 1. The molecule has 1 aromatic carbocycles. The van der Waals surface area contributed by atoms with Crippen molar-refractivity contribution in [1.82, 2.24) is 4.72 Å². The third-order valence-corrected chi connectivity index (χ3v) is 4.48. The van der Waals surface area contributed by atoms with Crippen molar-refractivity contribution in [1.29, 1.82) is 0 Å². The number of hydrogen-bond donors (Lipinski definition) is 2. The quantitative estimate of drug-likeness (QED) is 0.568. The van der Waals surface area contributed by atoms with Crippen molar-refractivity contribution in [2.45, 2.75) is 25.2 Å². The predicted octanol–water partition coefficient (Wildman–Crippen LogP) is 2.26. The molecule has 0 aliphatic heterocycles. The van der Waals surface area contributed by atoms with Gasteiger partial charge in [-0.3, -0.25) is 0 Å². The highest BCUT2D eigenvalue weighted by molar-refractivity contribution is 7.89. The number of nitrogens with one attached hydrogen (secondary N) is 1. The second kappa shape index (κ2) is 7.83. The third-order valence-electron chi connectivity index (χ3n) is 2.47. The van der Waals surface area contributed by atoms with Gasteiger partial charge in [0.25, 0.3) is 0 Å². The number of benzene rings is 1. The fourth-order valence-corrected chi connectivity index (χ4v) is 3.33. The number of nitrogens with two attached hydrogens (primary N) is 1. The predicted molar refractivity (Wildman–Crippen MR) is 81.3 cm³/mol. The Hall–Kier alpha value is -0.820. The lowest BCUT2D eigenvalue weighted by molar-refractivity contribution is 0.108. The molecule has 0 radical (unpaired) electrons. The summed E-state index contributed by atoms with van der Waals surface area (Å²) in [5, 5.41) is 0.119. The molecule has 0 atom stereocenters. The summed E-state index contributed by atoms with van der Waals surface area (Å²) in [5.74, 6) is 0.467. The molecular weight excluding hydrogens is 300 g/mol. The van der Waals surface area contributed by atoms with Crippen LogP contribution in [-0.4, -0.2) is 28.2 Å². The molecule has 0 saturated heterocycles. The Morgan fingerprint density at radius 3 is 2.70 bits per heavy atom. The van der Waals surface area contributed by atoms with Gasteiger partial charge in [0.1, 0.15) is 4.90 Å². The van der Waals surface area contributed by atoms with Crippen LogP contribution in [0, 0.1) is 5.92 Å². The summed E-state index contributed by atoms with van der Waals surface area (Å²) in [7, 11) is -3.69. The summed E-state index contributed by atoms with van der Waals surface area (Å²) in [4.78, 5) is -0.0650. The van der Waals surface area contributed by atoms with E-state index in [9.17, 15) is 8.42 Å². The molecule has 3 N–H and O–H groups in total. The Balaban J connectivity index is 2.50. The van der Waals surface area contributed by atoms with Crippen molar-refractivity contribution >= 4 is 27.3 Å². The van der Waals surface area contributed by atoms with Gasteiger partial charge in [0.05, 0.1) is 10.7 Å². The van der Waals surface area contributed by atoms with E-state index in [4.69, 9.17) is 22.1 Å². The molecule has 0 amide bonds. The van der Waals surface area contributed by atoms with Crippen molar-refractivity contribution in [3.63, 3.8) is 0 Å². The Labute approximate surface area is 125 Å². The van der Waals surface area contributed by atoms with E-state index in [1.165, 1.54) is 12.1 Å². The minimum absolute atomic E-state index is 0.0650. The largest absolute Gasteiger partial charge is 0.398 e. The number of nitrogen functional groups attached to an aromatic ring is 1. The highest BCUT2D eigenvalue weighted by Gasteiger charge is 2.20. The van der Waals surface area contributed by atoms with Gasteiger partial charge in [-0.1, -0.05) is 31.5 Å². The first-order chi connectivity index (χ1) is 9.34. The average molecular weight is 321 g/mol. The zero-order valence-electron chi connectivity index (χ0n) is 11.7. The lowest BCUT2D eigenvalue weighted by Gasteiger charge is -2.11. The second-order valence-electron chi connectivity index (χ2n) is 4.88. The number of halogens is 1. The summed E-state index contributed by atoms with van der Waals surface area (Å²) in [6.45, 7) is 5.58. The van der Waals surface area contributed by atoms with Crippen LogP contribution in [0.1, 0.15) is 20.3 Å². The zero-order chi connectivity index (χ0) is 15.2. The van der Waals surface area contributed by atoms with Gasteiger partial charge in [0.15, 0.2) is 0 Å². The average Bonchev–Trinajstić information content (AvgIpc) is 2.32. The van der Waals surface area contributed by atoms with E-state index in [2.05, 4.69) is 18.6 Å². The van der Waals surface area contributed by atoms with E-state index < -0.39 is 10.0 Å². The molecule has 0 unspecified atom stereocenters. The minimum atomic E-state index is -3.69. The van der Waals surface area contributed by atoms with Gasteiger partial charge in [-0.05, 0) is 24.5 Å². The molecule has 0 spiro atoms. The molecule has 0 aromatic heterocycles. The molecule has 0 bridgehead atoms. The first kappa shape index (κ1) is 17.2. The number of sulfonamides is 1. The zero-order valence-corrected chi connectivity index (χ0v) is 13.3. The molecule has 0 aliphatic carbocycles. The maximum absolute atomic E-state index is 12.1. The summed E-state index contributed by atoms with van der Waals surface area (Å²) in [6, 6.07) is 4.61. The van der Waals surface area contributed by atoms with Crippen LogP contribution in [0.5, 0.6) is 0 Å². The standard InChI is InChI=1S/C13H21ClN2O3S/c1-10(2)9-19-8-4-7-16-20(17,18)13-11(14)5-3-6-12(13)15/h3,5-6,10,16H,4,7-9,15H2,1-2H3. The van der Waals surface area contributed by atoms with Crippen molar-refractivity contribution in [2.24, 2.45) is 5.92 Å². The number of hydrogen-bond acceptors (Lipinski definition) is 4. The van der Waals surface area contributed by atoms with Gasteiger partial charge >= 0.3 is 0 Å². The molecule has 114 valence electrons. The van der Waals surface area contributed by atoms with E-state index in [1.54, 1.807) is 6.07 Å². The lowest BCUT2D eigenvalue weighted by atomic mass is 10.2. The van der Waals surface area contributed by atoms with Crippen molar-refractivity contribution < 1.29 is 13.2 Å². The van der Waals surface area contributed by atoms with Crippen LogP contribution in [0.15, 0.2) is 23.1 Å². The smallest absolute Gasteiger partial charge is 0.244 e. The van der Waals surface area contributed by atoms with Crippen molar-refractivity contribution in [3.05, 3.63) is 23.2 Å². The molecular formula is C13H21ClN2O3S. The van der Waals surface area contributed by atoms with Gasteiger partial charge in [0, 0.05) is 19.8 Å². The summed E-state index contributed by atoms with van der Waals surface area (Å²) >= 11 is 5.89. The molecule has 0 saturated carbocycles. The third kappa shape index (κ3) is 5.28. The fraction of sp³-hybridized carbons (Fsp3) is 0.538. The maximum Gasteiger partial charge on any atom is 0.244 e. The van der Waals surface area contributed by atoms with Crippen molar-refractivity contribution in [2.75, 3.05) is 25.5 Å². The Bertz CT molecular complexity index is 512. The number of ether oxygens (including phenoxy) is 1. The van der Waals surface area contributed by atoms with E-state index >= 15 is 0 Å². The first-order valence-corrected chi connectivity index (χ1v) is 8.32. The van der Waals surface area contributed by atoms with Gasteiger partial charge in [-0.2, -0.15) is 0 Å². The molecule has 7 heteroatoms. The summed E-state index contributed by atoms with van der Waals surface area (Å²) in [5.41, 5.74) is 5.80. The molecule has 0 heterocycles. The molecule has 20 heavy (non-hydrogen) atoms. The van der Waals surface area contributed by atoms with Crippen LogP contribution >= 0.6 is 11.6 Å². The maximum atomic E-state index is 12.1. The summed E-state index contributed by atoms with van der Waals surface area (Å²) in [6.07, 6.45) is 0.594. The molecule has 0 fully saturated rings. The van der Waals surface area contributed by atoms with Gasteiger partial charge in [-0.25, -0.2) is 13.1 Å². The van der Waals surface area contributed by atoms with Crippen LogP contribution in [-0.2, 0) is 14.8 Å². The Morgan fingerprint density at radius 2 is 2.10 bits per heavy atom. The minimum Gasteiger partial charge on any atom is -0.398 e. The van der Waals surface area contributed by atoms with Gasteiger partial charge < -0.3 is 10.5 Å². The topological polar surface area (TPSA) is 81.4 Å². The summed E-state index contributed by atoms with van der Waals surface area (Å²) < 4.78 is 32.0. The van der Waals surface area contributed by atoms with E-state index in [-0.39, 0.29) is 22.2 Å². The fourth-order valence-electron chi connectivity index (χ4n) is 1.58. The monoisotopic (exact) mass is 320 g/mol.